The van der Waals surface area contributed by atoms with Crippen molar-refractivity contribution in [3.63, 3.8) is 0 Å². The Morgan fingerprint density at radius 1 is 0.522 bits per heavy atom. The number of hydrogen-bond acceptors (Lipinski definition) is 10. The minimum absolute atomic E-state index is 0.164. The largest absolute Gasteiger partial charge is 0.343 e. The Bertz CT molecular complexity index is 3520. The Morgan fingerprint density at radius 3 is 1.17 bits per heavy atom. The normalized spacial score (nSPS) is 17.7. The van der Waals surface area contributed by atoms with E-state index in [0.29, 0.717) is 110 Å². The number of carbonyl (C=O) groups is 6. The first-order valence-corrected chi connectivity index (χ1v) is 31.4. The van der Waals surface area contributed by atoms with E-state index in [4.69, 9.17) is 0 Å². The molecule has 10 rings (SSSR count). The minimum Gasteiger partial charge on any atom is -0.343 e. The molecule has 474 valence electrons. The van der Waals surface area contributed by atoms with E-state index < -0.39 is 35.0 Å². The van der Waals surface area contributed by atoms with Crippen molar-refractivity contribution in [1.82, 2.24) is 41.0 Å². The van der Waals surface area contributed by atoms with Gasteiger partial charge in [0.15, 0.2) is 0 Å². The van der Waals surface area contributed by atoms with Crippen LogP contribution in [0.4, 0.5) is 20.2 Å². The van der Waals surface area contributed by atoms with Gasteiger partial charge in [-0.15, -0.1) is 0 Å². The Morgan fingerprint density at radius 2 is 0.856 bits per heavy atom. The number of nitrogens with one attached hydrogen (secondary N) is 6. The lowest BCUT2D eigenvalue weighted by Gasteiger charge is -2.38. The molecule has 6 amide bonds. The quantitative estimate of drug-likeness (QED) is 0.0468. The van der Waals surface area contributed by atoms with Crippen LogP contribution < -0.4 is 42.2 Å². The number of carbonyl (C=O) groups excluding carboxylic acids is 6. The van der Waals surface area contributed by atoms with Crippen molar-refractivity contribution in [1.29, 1.82) is 0 Å². The van der Waals surface area contributed by atoms with Gasteiger partial charge in [-0.25, -0.2) is 8.78 Å². The Kier molecular flexibility index (Phi) is 19.2. The first-order chi connectivity index (χ1) is 43.0. The van der Waals surface area contributed by atoms with Gasteiger partial charge in [-0.1, -0.05) is 90.1 Å². The van der Waals surface area contributed by atoms with E-state index in [1.807, 2.05) is 65.8 Å². The zero-order chi connectivity index (χ0) is 64.3. The summed E-state index contributed by atoms with van der Waals surface area (Å²) >= 11 is 0. The number of aromatic nitrogens is 2. The van der Waals surface area contributed by atoms with Crippen molar-refractivity contribution in [2.24, 2.45) is 11.8 Å². The van der Waals surface area contributed by atoms with Crippen LogP contribution in [0.3, 0.4) is 0 Å². The molecule has 0 spiro atoms. The molecule has 90 heavy (non-hydrogen) atoms. The van der Waals surface area contributed by atoms with Crippen LogP contribution in [0.25, 0.3) is 11.1 Å². The lowest BCUT2D eigenvalue weighted by molar-refractivity contribution is -0.130. The van der Waals surface area contributed by atoms with Gasteiger partial charge in [-0.3, -0.25) is 38.4 Å². The summed E-state index contributed by atoms with van der Waals surface area (Å²) in [5.74, 6) is -2.93. The predicted octanol–water partition coefficient (Wildman–Crippen LogP) is 7.51. The van der Waals surface area contributed by atoms with Gasteiger partial charge in [-0.05, 0) is 147 Å². The lowest BCUT2D eigenvalue weighted by Crippen LogP contribution is -2.57. The van der Waals surface area contributed by atoms with E-state index in [9.17, 15) is 47.1 Å². The summed E-state index contributed by atoms with van der Waals surface area (Å²) in [6.07, 6.45) is 3.23. The molecule has 2 fully saturated rings. The fraction of sp³-hybridized carbons (Fsp3) is 0.429. The smallest absolute Gasteiger partial charge is 0.253 e. The highest BCUT2D eigenvalue weighted by molar-refractivity contribution is 6.03. The van der Waals surface area contributed by atoms with Gasteiger partial charge in [0.1, 0.15) is 23.7 Å². The average Bonchev–Trinajstić information content (AvgIpc) is 1.61. The van der Waals surface area contributed by atoms with Crippen LogP contribution in [0, 0.1) is 23.5 Å². The third-order valence-electron chi connectivity index (χ3n) is 18.9. The van der Waals surface area contributed by atoms with E-state index >= 15 is 0 Å². The van der Waals surface area contributed by atoms with Crippen molar-refractivity contribution in [3.05, 3.63) is 186 Å². The molecule has 0 radical (unpaired) electrons. The van der Waals surface area contributed by atoms with Crippen molar-refractivity contribution < 1.29 is 37.5 Å². The van der Waals surface area contributed by atoms with Gasteiger partial charge < -0.3 is 50.8 Å². The number of hydrogen-bond donors (Lipinski definition) is 6. The molecule has 4 atom stereocenters. The summed E-state index contributed by atoms with van der Waals surface area (Å²) < 4.78 is 27.5. The summed E-state index contributed by atoms with van der Waals surface area (Å²) in [4.78, 5) is 126. The van der Waals surface area contributed by atoms with Crippen LogP contribution >= 0.6 is 0 Å². The van der Waals surface area contributed by atoms with Crippen molar-refractivity contribution in [3.8, 4) is 11.1 Å². The number of piperidine rings is 2. The van der Waals surface area contributed by atoms with Gasteiger partial charge in [0.05, 0.1) is 23.5 Å². The zero-order valence-corrected chi connectivity index (χ0v) is 52.6. The third-order valence-corrected chi connectivity index (χ3v) is 18.9. The fourth-order valence-corrected chi connectivity index (χ4v) is 13.5. The van der Waals surface area contributed by atoms with Crippen LogP contribution in [-0.4, -0.2) is 133 Å². The molecule has 6 heterocycles. The van der Waals surface area contributed by atoms with Crippen LogP contribution in [0.1, 0.15) is 134 Å². The SMILES string of the molecule is CC[C@H](NC)C(=O)N[C@H](C(=O)N1CC(C)(C)c2[nH]c(=O)c(Cc3ccc(F)cc3)cc21)C1CCN(C(=O)c2ccc(-c3ccc(C(=O)N4CCC([C@H](NC(=O)[C@H](CC)NC)C(=O)N5CC(C)(C)c6[nH]c(=O)c(Cc7ccc(F)cc7)cc65)CC4)cc3)cc2)CC1. The molecule has 18 nitrogen and oxygen atoms in total. The maximum atomic E-state index is 15.0. The number of likely N-dealkylation sites (N-methyl/N-ethyl adjacent to an activating group) is 2. The van der Waals surface area contributed by atoms with Gasteiger partial charge >= 0.3 is 0 Å². The minimum atomic E-state index is -0.922. The summed E-state index contributed by atoms with van der Waals surface area (Å²) in [5, 5.41) is 12.3. The molecule has 4 aromatic carbocycles. The second kappa shape index (κ2) is 26.8. The second-order valence-electron chi connectivity index (χ2n) is 25.9. The summed E-state index contributed by atoms with van der Waals surface area (Å²) in [5.41, 5.74) is 5.53. The second-order valence-corrected chi connectivity index (χ2v) is 25.9. The third kappa shape index (κ3) is 13.6. The molecule has 2 aromatic heterocycles. The van der Waals surface area contributed by atoms with Crippen LogP contribution in [0.15, 0.2) is 119 Å². The van der Waals surface area contributed by atoms with Crippen LogP contribution in [0.5, 0.6) is 0 Å². The highest BCUT2D eigenvalue weighted by Gasteiger charge is 2.47. The van der Waals surface area contributed by atoms with Crippen molar-refractivity contribution in [2.75, 3.05) is 63.2 Å². The molecule has 4 aliphatic rings. The van der Waals surface area contributed by atoms with E-state index in [1.54, 1.807) is 94.4 Å². The molecule has 4 aliphatic heterocycles. The highest BCUT2D eigenvalue weighted by atomic mass is 19.1. The number of nitrogens with zero attached hydrogens (tertiary/aromatic N) is 4. The molecular weight excluding hydrogens is 1150 g/mol. The van der Waals surface area contributed by atoms with Crippen molar-refractivity contribution >= 4 is 46.8 Å². The topological polar surface area (TPSA) is 229 Å². The first kappa shape index (κ1) is 64.4. The van der Waals surface area contributed by atoms with E-state index in [2.05, 4.69) is 31.2 Å². The Balaban J connectivity index is 0.774. The average molecular weight is 1230 g/mol. The molecule has 0 saturated carbocycles. The predicted molar refractivity (Wildman–Crippen MR) is 343 cm³/mol. The molecular formula is C70H82F2N10O8. The van der Waals surface area contributed by atoms with E-state index in [-0.39, 0.29) is 96.0 Å². The monoisotopic (exact) mass is 1230 g/mol. The maximum absolute atomic E-state index is 15.0. The summed E-state index contributed by atoms with van der Waals surface area (Å²) in [6.45, 7) is 13.5. The number of aromatic amines is 2. The van der Waals surface area contributed by atoms with Crippen molar-refractivity contribution in [2.45, 2.75) is 128 Å². The van der Waals surface area contributed by atoms with E-state index in [1.165, 1.54) is 24.3 Å². The highest BCUT2D eigenvalue weighted by Crippen LogP contribution is 2.42. The standard InChI is InChI=1S/C70H82F2N10O8/c1-9-53(73-7)63(85)75-57(67(89)81-39-69(3,4)59-55(81)37-49(61(83)77-59)35-41-11-23-51(71)24-12-41)45-27-31-79(32-28-45)65(87)47-19-15-43(16-20-47)44-17-21-48(22-18-44)66(88)80-33-29-46(30-34-80)58(76-64(86)54(10-2)74-8)68(90)82-40-70(5,6)60-56(82)38-50(62(84)78-60)36-42-13-25-52(72)26-14-42/h11-26,37-38,45-46,53-54,57-58,73-74H,9-10,27-36,39-40H2,1-8H3,(H,75,85)(H,76,86)(H,77,83)(H,78,84)/t53-,54-,57-,58-/m0/s1. The molecule has 0 aliphatic carbocycles. The lowest BCUT2D eigenvalue weighted by atomic mass is 9.87. The summed E-state index contributed by atoms with van der Waals surface area (Å²) in [6, 6.07) is 27.0. The van der Waals surface area contributed by atoms with Crippen LogP contribution in [-0.2, 0) is 42.8 Å². The van der Waals surface area contributed by atoms with E-state index in [0.717, 1.165) is 22.3 Å². The maximum Gasteiger partial charge on any atom is 0.253 e. The number of H-pyrrole nitrogens is 2. The van der Waals surface area contributed by atoms with Crippen LogP contribution in [0.2, 0.25) is 0 Å². The number of halogens is 2. The van der Waals surface area contributed by atoms with Gasteiger partial charge in [0.2, 0.25) is 23.6 Å². The number of amides is 6. The molecule has 0 unspecified atom stereocenters. The molecule has 2 saturated heterocycles. The molecule has 6 N–H and O–H groups in total. The molecule has 6 aromatic rings. The molecule has 0 bridgehead atoms. The number of fused-ring (bicyclic) bond motifs is 2. The van der Waals surface area contributed by atoms with Gasteiger partial charge in [-0.2, -0.15) is 0 Å². The Hall–Kier alpha value is -8.62. The number of anilines is 2. The van der Waals surface area contributed by atoms with Gasteiger partial charge in [0, 0.05) is 96.6 Å². The fourth-order valence-electron chi connectivity index (χ4n) is 13.5. The number of pyridine rings is 2. The number of likely N-dealkylation sites (tertiary alicyclic amines) is 2. The number of rotatable bonds is 19. The number of benzene rings is 4. The first-order valence-electron chi connectivity index (χ1n) is 31.4. The Labute approximate surface area is 523 Å². The summed E-state index contributed by atoms with van der Waals surface area (Å²) in [7, 11) is 3.40. The van der Waals surface area contributed by atoms with Gasteiger partial charge in [0.25, 0.3) is 22.9 Å². The molecule has 20 heteroatoms. The zero-order valence-electron chi connectivity index (χ0n) is 52.6.